The molecule has 0 saturated carbocycles. The van der Waals surface area contributed by atoms with E-state index in [9.17, 15) is 13.2 Å². The number of rotatable bonds is 6. The van der Waals surface area contributed by atoms with E-state index in [1.165, 1.54) is 4.90 Å². The van der Waals surface area contributed by atoms with Gasteiger partial charge < -0.3 is 4.90 Å². The maximum Gasteiger partial charge on any atom is 0.346 e. The Bertz CT molecular complexity index is 577. The minimum absolute atomic E-state index is 0.323. The van der Waals surface area contributed by atoms with E-state index in [0.717, 1.165) is 17.4 Å². The van der Waals surface area contributed by atoms with Crippen molar-refractivity contribution in [1.82, 2.24) is 19.7 Å². The second-order valence-corrected chi connectivity index (χ2v) is 6.98. The summed E-state index contributed by atoms with van der Waals surface area (Å²) in [6, 6.07) is -0.413. The number of carbonyl (C=O) groups excluding carboxylic acids is 1. The van der Waals surface area contributed by atoms with Gasteiger partial charge in [0, 0.05) is 13.1 Å². The number of sulfone groups is 1. The Morgan fingerprint density at radius 1 is 1.55 bits per heavy atom. The first-order valence-electron chi connectivity index (χ1n) is 6.40. The first-order valence-corrected chi connectivity index (χ1v) is 7.95. The Morgan fingerprint density at radius 2 is 2.20 bits per heavy atom. The lowest BCUT2D eigenvalue weighted by Crippen LogP contribution is -2.35. The van der Waals surface area contributed by atoms with Gasteiger partial charge >= 0.3 is 6.03 Å². The molecule has 0 radical (unpaired) electrons. The van der Waals surface area contributed by atoms with Crippen molar-refractivity contribution in [1.29, 1.82) is 0 Å². The number of aromatic nitrogens is 3. The Morgan fingerprint density at radius 3 is 2.70 bits per heavy atom. The summed E-state index contributed by atoms with van der Waals surface area (Å²) in [5, 5.41) is 2.83. The average Bonchev–Trinajstić information content (AvgIpc) is 2.87. The Labute approximate surface area is 119 Å². The van der Waals surface area contributed by atoms with Gasteiger partial charge in [-0.05, 0) is 20.3 Å². The van der Waals surface area contributed by atoms with Crippen molar-refractivity contribution in [2.45, 2.75) is 37.6 Å². The van der Waals surface area contributed by atoms with Gasteiger partial charge in [0.15, 0.2) is 0 Å². The van der Waals surface area contributed by atoms with E-state index in [1.807, 2.05) is 6.92 Å². The third-order valence-electron chi connectivity index (χ3n) is 2.66. The fraction of sp³-hybridized carbons (Fsp3) is 0.583. The van der Waals surface area contributed by atoms with Crippen molar-refractivity contribution < 1.29 is 13.2 Å². The van der Waals surface area contributed by atoms with E-state index in [2.05, 4.69) is 16.7 Å². The maximum absolute atomic E-state index is 12.2. The van der Waals surface area contributed by atoms with Gasteiger partial charge in [-0.1, -0.05) is 13.0 Å². The summed E-state index contributed by atoms with van der Waals surface area (Å²) in [5.41, 5.74) is 0. The van der Waals surface area contributed by atoms with Crippen LogP contribution in [0.3, 0.4) is 0 Å². The molecule has 0 spiro atoms. The maximum atomic E-state index is 12.2. The third-order valence-corrected chi connectivity index (χ3v) is 4.59. The second-order valence-electron chi connectivity index (χ2n) is 4.58. The standard InChI is InChI=1S/C12H20N4O3S/c1-5-7-15(8-6-2)12(17)16-9-13-11(14-16)20(18,19)10(3)4/h5,9-10H,1,6-8H2,2-4H3. The minimum Gasteiger partial charge on any atom is -0.319 e. The molecule has 112 valence electrons. The highest BCUT2D eigenvalue weighted by molar-refractivity contribution is 7.91. The van der Waals surface area contributed by atoms with Crippen LogP contribution in [0.1, 0.15) is 27.2 Å². The van der Waals surface area contributed by atoms with Crippen LogP contribution in [0.15, 0.2) is 24.1 Å². The predicted molar refractivity (Wildman–Crippen MR) is 75.2 cm³/mol. The molecule has 1 aromatic rings. The van der Waals surface area contributed by atoms with Crippen molar-refractivity contribution in [3.05, 3.63) is 19.0 Å². The number of amides is 1. The van der Waals surface area contributed by atoms with E-state index in [4.69, 9.17) is 0 Å². The minimum atomic E-state index is -3.57. The van der Waals surface area contributed by atoms with E-state index >= 15 is 0 Å². The van der Waals surface area contributed by atoms with Crippen LogP contribution in [-0.4, -0.2) is 52.5 Å². The Kier molecular flexibility index (Phi) is 5.43. The van der Waals surface area contributed by atoms with Gasteiger partial charge in [0.05, 0.1) is 5.25 Å². The number of nitrogens with zero attached hydrogens (tertiary/aromatic N) is 4. The van der Waals surface area contributed by atoms with Crippen LogP contribution in [0.4, 0.5) is 4.79 Å². The molecule has 1 rings (SSSR count). The molecule has 0 bridgehead atoms. The fourth-order valence-electron chi connectivity index (χ4n) is 1.52. The molecule has 0 N–H and O–H groups in total. The molecule has 0 aliphatic carbocycles. The van der Waals surface area contributed by atoms with E-state index in [-0.39, 0.29) is 5.16 Å². The van der Waals surface area contributed by atoms with Crippen LogP contribution in [0.5, 0.6) is 0 Å². The summed E-state index contributed by atoms with van der Waals surface area (Å²) in [7, 11) is -3.57. The summed E-state index contributed by atoms with van der Waals surface area (Å²) < 4.78 is 24.8. The molecule has 0 unspecified atom stereocenters. The molecule has 0 aromatic carbocycles. The summed E-state index contributed by atoms with van der Waals surface area (Å²) in [6.07, 6.45) is 3.52. The van der Waals surface area contributed by atoms with Gasteiger partial charge in [-0.25, -0.2) is 18.2 Å². The molecular formula is C12H20N4O3S. The smallest absolute Gasteiger partial charge is 0.319 e. The highest BCUT2D eigenvalue weighted by Gasteiger charge is 2.25. The molecule has 1 heterocycles. The summed E-state index contributed by atoms with van der Waals surface area (Å²) >= 11 is 0. The normalized spacial score (nSPS) is 11.6. The van der Waals surface area contributed by atoms with Gasteiger partial charge in [-0.2, -0.15) is 4.68 Å². The Hall–Kier alpha value is -1.70. The molecule has 1 amide bonds. The molecule has 0 atom stereocenters. The lowest BCUT2D eigenvalue weighted by Gasteiger charge is -2.19. The number of hydrogen-bond acceptors (Lipinski definition) is 5. The van der Waals surface area contributed by atoms with Crippen LogP contribution in [-0.2, 0) is 9.84 Å². The molecule has 0 saturated heterocycles. The zero-order valence-electron chi connectivity index (χ0n) is 12.0. The zero-order chi connectivity index (χ0) is 15.3. The monoisotopic (exact) mass is 300 g/mol. The van der Waals surface area contributed by atoms with Gasteiger partial charge in [-0.3, -0.25) is 0 Å². The van der Waals surface area contributed by atoms with Crippen molar-refractivity contribution >= 4 is 15.9 Å². The van der Waals surface area contributed by atoms with Crippen LogP contribution >= 0.6 is 0 Å². The largest absolute Gasteiger partial charge is 0.346 e. The fourth-order valence-corrected chi connectivity index (χ4v) is 2.33. The van der Waals surface area contributed by atoms with Crippen molar-refractivity contribution in [2.24, 2.45) is 0 Å². The Balaban J connectivity index is 3.02. The van der Waals surface area contributed by atoms with Gasteiger partial charge in [0.1, 0.15) is 6.33 Å². The van der Waals surface area contributed by atoms with Crippen LogP contribution in [0.25, 0.3) is 0 Å². The molecular weight excluding hydrogens is 280 g/mol. The van der Waals surface area contributed by atoms with Gasteiger partial charge in [0.25, 0.3) is 5.16 Å². The van der Waals surface area contributed by atoms with Crippen molar-refractivity contribution in [2.75, 3.05) is 13.1 Å². The highest BCUT2D eigenvalue weighted by Crippen LogP contribution is 2.10. The van der Waals surface area contributed by atoms with E-state index in [0.29, 0.717) is 13.1 Å². The summed E-state index contributed by atoms with van der Waals surface area (Å²) in [6.45, 7) is 9.53. The van der Waals surface area contributed by atoms with E-state index < -0.39 is 21.1 Å². The lowest BCUT2D eigenvalue weighted by molar-refractivity contribution is 0.201. The van der Waals surface area contributed by atoms with E-state index in [1.54, 1.807) is 19.9 Å². The first-order chi connectivity index (χ1) is 9.34. The van der Waals surface area contributed by atoms with Crippen LogP contribution in [0, 0.1) is 0 Å². The second kappa shape index (κ2) is 6.65. The predicted octanol–water partition coefficient (Wildman–Crippen LogP) is 1.33. The van der Waals surface area contributed by atoms with Crippen molar-refractivity contribution in [3.8, 4) is 0 Å². The third kappa shape index (κ3) is 3.44. The van der Waals surface area contributed by atoms with Gasteiger partial charge in [-0.15, -0.1) is 11.7 Å². The van der Waals surface area contributed by atoms with Gasteiger partial charge in [0.2, 0.25) is 9.84 Å². The lowest BCUT2D eigenvalue weighted by atomic mass is 10.4. The molecule has 0 fully saturated rings. The molecule has 8 heteroatoms. The molecule has 0 aliphatic rings. The molecule has 1 aromatic heterocycles. The number of hydrogen-bond donors (Lipinski definition) is 0. The molecule has 0 aliphatic heterocycles. The highest BCUT2D eigenvalue weighted by atomic mass is 32.2. The quantitative estimate of drug-likeness (QED) is 0.740. The number of carbonyl (C=O) groups is 1. The van der Waals surface area contributed by atoms with Crippen LogP contribution < -0.4 is 0 Å². The average molecular weight is 300 g/mol. The SMILES string of the molecule is C=CCN(CCC)C(=O)n1cnc(S(=O)(=O)C(C)C)n1. The molecule has 20 heavy (non-hydrogen) atoms. The summed E-state index contributed by atoms with van der Waals surface area (Å²) in [5.74, 6) is 0. The van der Waals surface area contributed by atoms with Crippen molar-refractivity contribution in [3.63, 3.8) is 0 Å². The zero-order valence-corrected chi connectivity index (χ0v) is 12.8. The molecule has 7 nitrogen and oxygen atoms in total. The van der Waals surface area contributed by atoms with Crippen LogP contribution in [0.2, 0.25) is 0 Å². The first kappa shape index (κ1) is 16.4. The summed E-state index contributed by atoms with van der Waals surface area (Å²) in [4.78, 5) is 17.4. The topological polar surface area (TPSA) is 85.2 Å².